The number of hydrogen-bond donors (Lipinski definition) is 2. The lowest BCUT2D eigenvalue weighted by Gasteiger charge is -2.32. The van der Waals surface area contributed by atoms with Gasteiger partial charge < -0.3 is 25.2 Å². The highest BCUT2D eigenvalue weighted by molar-refractivity contribution is 7.15. The topological polar surface area (TPSA) is 158 Å². The minimum absolute atomic E-state index is 0.108. The summed E-state index contributed by atoms with van der Waals surface area (Å²) in [6.45, 7) is 8.44. The van der Waals surface area contributed by atoms with Crippen molar-refractivity contribution in [1.82, 2.24) is 25.4 Å². The van der Waals surface area contributed by atoms with Gasteiger partial charge in [0.2, 0.25) is 17.7 Å². The number of nitrogens with one attached hydrogen (secondary N) is 2. The maximum absolute atomic E-state index is 13.3. The zero-order valence-electron chi connectivity index (χ0n) is 31.0. The molecular formula is C39H43Cl2N9O4S. The van der Waals surface area contributed by atoms with Gasteiger partial charge in [0.15, 0.2) is 5.82 Å². The number of alkyl halides is 1. The Bertz CT molecular complexity index is 2130. The van der Waals surface area contributed by atoms with Crippen LogP contribution in [-0.2, 0) is 14.4 Å². The van der Waals surface area contributed by atoms with E-state index in [9.17, 15) is 14.4 Å². The molecule has 13 nitrogen and oxygen atoms in total. The Kier molecular flexibility index (Phi) is 13.1. The molecule has 0 saturated carbocycles. The largest absolute Gasteiger partial charge is 0.489 e. The van der Waals surface area contributed by atoms with Crippen LogP contribution in [0.3, 0.4) is 0 Å². The second kappa shape index (κ2) is 18.1. The van der Waals surface area contributed by atoms with Crippen LogP contribution in [0.5, 0.6) is 5.75 Å². The molecule has 2 aromatic heterocycles. The fourth-order valence-corrected chi connectivity index (χ4v) is 8.21. The highest BCUT2D eigenvalue weighted by Crippen LogP contribution is 2.40. The Morgan fingerprint density at radius 3 is 2.51 bits per heavy atom. The number of unbranched alkanes of at least 4 members (excludes halogenated alkanes) is 2. The molecule has 288 valence electrons. The normalized spacial score (nSPS) is 14.4. The number of aromatic nitrogens is 3. The summed E-state index contributed by atoms with van der Waals surface area (Å²) in [6.07, 6.45) is 2.63. The summed E-state index contributed by atoms with van der Waals surface area (Å²) in [5, 5.41) is 25.5. The Morgan fingerprint density at radius 1 is 1.04 bits per heavy atom. The van der Waals surface area contributed by atoms with E-state index in [2.05, 4.69) is 40.7 Å². The van der Waals surface area contributed by atoms with Gasteiger partial charge in [0.1, 0.15) is 35.1 Å². The van der Waals surface area contributed by atoms with Crippen LogP contribution < -0.4 is 25.2 Å². The van der Waals surface area contributed by atoms with Crippen molar-refractivity contribution in [3.63, 3.8) is 0 Å². The van der Waals surface area contributed by atoms with Gasteiger partial charge in [-0.1, -0.05) is 23.7 Å². The molecule has 0 bridgehead atoms. The van der Waals surface area contributed by atoms with E-state index < -0.39 is 6.04 Å². The number of hydrogen-bond acceptors (Lipinski definition) is 10. The molecule has 2 aromatic carbocycles. The quantitative estimate of drug-likeness (QED) is 0.110. The first-order valence-electron chi connectivity index (χ1n) is 18.2. The van der Waals surface area contributed by atoms with Crippen molar-refractivity contribution in [2.75, 3.05) is 55.0 Å². The molecule has 0 spiro atoms. The minimum Gasteiger partial charge on any atom is -0.489 e. The van der Waals surface area contributed by atoms with Gasteiger partial charge in [-0.3, -0.25) is 23.9 Å². The van der Waals surface area contributed by atoms with Crippen molar-refractivity contribution in [3.05, 3.63) is 80.7 Å². The Labute approximate surface area is 334 Å². The molecule has 0 saturated heterocycles. The van der Waals surface area contributed by atoms with E-state index in [0.29, 0.717) is 48.5 Å². The monoisotopic (exact) mass is 803 g/mol. The molecular weight excluding hydrogens is 761 g/mol. The van der Waals surface area contributed by atoms with Crippen molar-refractivity contribution in [2.24, 2.45) is 4.99 Å². The fraction of sp³-hybridized carbons (Fsp3) is 0.410. The number of aliphatic imine (C=N–C) groups is 1. The van der Waals surface area contributed by atoms with E-state index in [-0.39, 0.29) is 49.5 Å². The van der Waals surface area contributed by atoms with Crippen LogP contribution in [-0.4, -0.2) is 83.4 Å². The third-order valence-electron chi connectivity index (χ3n) is 9.65. The fourth-order valence-electron chi connectivity index (χ4n) is 6.72. The van der Waals surface area contributed by atoms with E-state index in [1.165, 1.54) is 9.78 Å². The zero-order valence-corrected chi connectivity index (χ0v) is 33.4. The van der Waals surface area contributed by atoms with Crippen molar-refractivity contribution in [3.8, 4) is 16.8 Å². The highest BCUT2D eigenvalue weighted by atomic mass is 35.5. The van der Waals surface area contributed by atoms with Crippen LogP contribution in [0.2, 0.25) is 5.02 Å². The molecule has 0 radical (unpaired) electrons. The lowest BCUT2D eigenvalue weighted by atomic mass is 9.99. The summed E-state index contributed by atoms with van der Waals surface area (Å²) in [5.74, 6) is 1.21. The number of anilines is 2. The van der Waals surface area contributed by atoms with Crippen molar-refractivity contribution in [1.29, 1.82) is 5.26 Å². The molecule has 2 aliphatic rings. The molecule has 4 aromatic rings. The maximum atomic E-state index is 13.3. The molecule has 0 fully saturated rings. The van der Waals surface area contributed by atoms with Gasteiger partial charge in [-0.25, -0.2) is 0 Å². The van der Waals surface area contributed by atoms with Crippen molar-refractivity contribution >= 4 is 69.3 Å². The van der Waals surface area contributed by atoms with Crippen LogP contribution in [0.1, 0.15) is 71.4 Å². The third-order valence-corrected chi connectivity index (χ3v) is 11.3. The average molecular weight is 805 g/mol. The Balaban J connectivity index is 0.981. The number of carbonyl (C=O) groups is 3. The predicted octanol–water partition coefficient (Wildman–Crippen LogP) is 5.98. The third kappa shape index (κ3) is 9.12. The van der Waals surface area contributed by atoms with Gasteiger partial charge in [0.05, 0.1) is 43.4 Å². The van der Waals surface area contributed by atoms with Gasteiger partial charge in [0.25, 0.3) is 0 Å². The molecule has 4 heterocycles. The van der Waals surface area contributed by atoms with Gasteiger partial charge in [-0.05, 0) is 69.9 Å². The van der Waals surface area contributed by atoms with E-state index in [0.717, 1.165) is 58.2 Å². The number of halogens is 2. The first-order valence-corrected chi connectivity index (χ1v) is 20.0. The lowest BCUT2D eigenvalue weighted by Crippen LogP contribution is -2.41. The molecule has 6 rings (SSSR count). The molecule has 55 heavy (non-hydrogen) atoms. The van der Waals surface area contributed by atoms with Crippen molar-refractivity contribution in [2.45, 2.75) is 58.9 Å². The number of benzene rings is 2. The summed E-state index contributed by atoms with van der Waals surface area (Å²) < 4.78 is 7.88. The molecule has 1 atom stereocenters. The van der Waals surface area contributed by atoms with Crippen LogP contribution in [0, 0.1) is 32.1 Å². The van der Waals surface area contributed by atoms with E-state index in [4.69, 9.17) is 38.2 Å². The molecule has 16 heteroatoms. The molecule has 2 N–H and O–H groups in total. The lowest BCUT2D eigenvalue weighted by molar-refractivity contribution is -0.121. The van der Waals surface area contributed by atoms with E-state index in [1.54, 1.807) is 23.5 Å². The number of ether oxygens (including phenoxy) is 1. The number of amides is 3. The second-order valence-corrected chi connectivity index (χ2v) is 15.3. The summed E-state index contributed by atoms with van der Waals surface area (Å²) in [4.78, 5) is 48.3. The summed E-state index contributed by atoms with van der Waals surface area (Å²) >= 11 is 13.7. The predicted molar refractivity (Wildman–Crippen MR) is 215 cm³/mol. The smallest absolute Gasteiger partial charge is 0.241 e. The van der Waals surface area contributed by atoms with Gasteiger partial charge >= 0.3 is 0 Å². The van der Waals surface area contributed by atoms with Crippen LogP contribution in [0.15, 0.2) is 47.5 Å². The van der Waals surface area contributed by atoms with Gasteiger partial charge in [-0.15, -0.1) is 33.1 Å². The summed E-state index contributed by atoms with van der Waals surface area (Å²) in [6, 6.07) is 14.5. The number of aryl methyl sites for hydroxylation is 2. The first-order chi connectivity index (χ1) is 26.6. The Hall–Kier alpha value is -4.97. The van der Waals surface area contributed by atoms with E-state index >= 15 is 0 Å². The summed E-state index contributed by atoms with van der Waals surface area (Å²) in [5.41, 5.74) is 5.22. The highest BCUT2D eigenvalue weighted by Gasteiger charge is 2.32. The standard InChI is InChI=1S/C39H43Cl2N9O4S/c1-24-25(2)55-39-36(24)37(27-8-10-28(41)11-9-27)45-30(38-47-46-26(3)50(38)39)21-33(51)43-15-5-4-6-16-44-34(52)23-48-18-19-54-32-20-29(12-13-31(32)48)49(17-7-14-42)35(53)22-40/h8-13,20,30H,4-7,15-19,21-23H2,1-3H3,(H,43,51)(H,44,52)/t30-/m0/s1. The number of rotatable bonds is 15. The van der Waals surface area contributed by atoms with Crippen molar-refractivity contribution < 1.29 is 19.1 Å². The Morgan fingerprint density at radius 2 is 1.78 bits per heavy atom. The van der Waals surface area contributed by atoms with E-state index in [1.807, 2.05) is 46.7 Å². The number of nitrogens with zero attached hydrogens (tertiary/aromatic N) is 7. The van der Waals surface area contributed by atoms with Gasteiger partial charge in [-0.2, -0.15) is 5.26 Å². The molecule has 0 aliphatic carbocycles. The molecule has 2 aliphatic heterocycles. The maximum Gasteiger partial charge on any atom is 0.241 e. The first kappa shape index (κ1) is 39.7. The van der Waals surface area contributed by atoms with Crippen LogP contribution in [0.25, 0.3) is 5.00 Å². The zero-order chi connectivity index (χ0) is 39.1. The van der Waals surface area contributed by atoms with Gasteiger partial charge in [0, 0.05) is 52.4 Å². The molecule has 3 amide bonds. The number of carbonyl (C=O) groups excluding carboxylic acids is 3. The minimum atomic E-state index is -0.536. The second-order valence-electron chi connectivity index (χ2n) is 13.4. The SMILES string of the molecule is Cc1sc2c(c1C)C(c1ccc(Cl)cc1)=N[C@@H](CC(=O)NCCCCCNC(=O)CN1CCOc3cc(N(CCC#N)C(=O)CCl)ccc31)c1nnc(C)n1-2. The van der Waals surface area contributed by atoms with Crippen LogP contribution >= 0.6 is 34.5 Å². The molecule has 0 unspecified atom stereocenters. The number of thiophene rings is 1. The summed E-state index contributed by atoms with van der Waals surface area (Å²) in [7, 11) is 0. The average Bonchev–Trinajstić information content (AvgIpc) is 3.66. The number of fused-ring (bicyclic) bond motifs is 4. The number of nitriles is 1. The van der Waals surface area contributed by atoms with Crippen LogP contribution in [0.4, 0.5) is 11.4 Å².